The standard InChI is InChI=1S/C8H17N3/c1-2-8-10-5-7-11(8)6-3-4-9/h2-7,9H2,1H3. The molecular formula is C8H17N3. The number of hydrogen-bond donors (Lipinski definition) is 1. The van der Waals surface area contributed by atoms with Crippen molar-refractivity contribution in [3.05, 3.63) is 0 Å². The summed E-state index contributed by atoms with van der Waals surface area (Å²) in [7, 11) is 0. The molecule has 0 aromatic heterocycles. The number of nitrogens with two attached hydrogens (primary N) is 1. The highest BCUT2D eigenvalue weighted by Gasteiger charge is 2.12. The summed E-state index contributed by atoms with van der Waals surface area (Å²) in [5.41, 5.74) is 5.43. The highest BCUT2D eigenvalue weighted by Crippen LogP contribution is 2.04. The molecule has 0 aromatic carbocycles. The Bertz CT molecular complexity index is 142. The SMILES string of the molecule is CCC1=NCCN1CCCN. The van der Waals surface area contributed by atoms with Gasteiger partial charge in [-0.1, -0.05) is 6.92 Å². The van der Waals surface area contributed by atoms with Crippen molar-refractivity contribution in [2.24, 2.45) is 10.7 Å². The first-order valence-corrected chi connectivity index (χ1v) is 4.36. The zero-order chi connectivity index (χ0) is 8.10. The zero-order valence-electron chi connectivity index (χ0n) is 7.21. The number of rotatable bonds is 4. The average molecular weight is 155 g/mol. The van der Waals surface area contributed by atoms with Crippen LogP contribution in [0.1, 0.15) is 19.8 Å². The summed E-state index contributed by atoms with van der Waals surface area (Å²) >= 11 is 0. The second-order valence-corrected chi connectivity index (χ2v) is 2.78. The minimum Gasteiger partial charge on any atom is -0.358 e. The maximum atomic E-state index is 5.43. The van der Waals surface area contributed by atoms with Gasteiger partial charge >= 0.3 is 0 Å². The fourth-order valence-corrected chi connectivity index (χ4v) is 1.39. The highest BCUT2D eigenvalue weighted by atomic mass is 15.2. The molecule has 1 aliphatic rings. The molecule has 0 unspecified atom stereocenters. The smallest absolute Gasteiger partial charge is 0.0987 e. The van der Waals surface area contributed by atoms with Crippen LogP contribution in [-0.2, 0) is 0 Å². The van der Waals surface area contributed by atoms with Gasteiger partial charge in [0.15, 0.2) is 0 Å². The van der Waals surface area contributed by atoms with Crippen molar-refractivity contribution in [2.75, 3.05) is 26.2 Å². The molecule has 2 N–H and O–H groups in total. The first-order chi connectivity index (χ1) is 5.38. The van der Waals surface area contributed by atoms with Gasteiger partial charge < -0.3 is 10.6 Å². The van der Waals surface area contributed by atoms with Gasteiger partial charge in [0, 0.05) is 19.5 Å². The number of nitrogens with zero attached hydrogens (tertiary/aromatic N) is 2. The van der Waals surface area contributed by atoms with Gasteiger partial charge in [-0.3, -0.25) is 4.99 Å². The molecule has 0 atom stereocenters. The van der Waals surface area contributed by atoms with E-state index >= 15 is 0 Å². The molecule has 3 nitrogen and oxygen atoms in total. The Morgan fingerprint density at radius 1 is 1.64 bits per heavy atom. The van der Waals surface area contributed by atoms with E-state index in [2.05, 4.69) is 16.8 Å². The lowest BCUT2D eigenvalue weighted by molar-refractivity contribution is 0.442. The van der Waals surface area contributed by atoms with E-state index in [0.717, 1.165) is 39.0 Å². The van der Waals surface area contributed by atoms with Crippen molar-refractivity contribution >= 4 is 5.84 Å². The van der Waals surface area contributed by atoms with Crippen molar-refractivity contribution < 1.29 is 0 Å². The van der Waals surface area contributed by atoms with E-state index < -0.39 is 0 Å². The normalized spacial score (nSPS) is 17.3. The molecule has 1 heterocycles. The van der Waals surface area contributed by atoms with E-state index in [9.17, 15) is 0 Å². The molecule has 11 heavy (non-hydrogen) atoms. The van der Waals surface area contributed by atoms with Crippen LogP contribution in [0.5, 0.6) is 0 Å². The number of hydrogen-bond acceptors (Lipinski definition) is 3. The molecule has 1 aliphatic heterocycles. The zero-order valence-corrected chi connectivity index (χ0v) is 7.21. The fourth-order valence-electron chi connectivity index (χ4n) is 1.39. The van der Waals surface area contributed by atoms with Crippen LogP contribution in [0.4, 0.5) is 0 Å². The molecule has 0 fully saturated rings. The van der Waals surface area contributed by atoms with Crippen LogP contribution in [0, 0.1) is 0 Å². The van der Waals surface area contributed by atoms with E-state index in [1.165, 1.54) is 5.84 Å². The van der Waals surface area contributed by atoms with Gasteiger partial charge in [-0.05, 0) is 13.0 Å². The third kappa shape index (κ3) is 2.19. The Morgan fingerprint density at radius 3 is 3.09 bits per heavy atom. The predicted molar refractivity (Wildman–Crippen MR) is 47.8 cm³/mol. The first kappa shape index (κ1) is 8.53. The number of aliphatic imine (C=N–C) groups is 1. The van der Waals surface area contributed by atoms with Gasteiger partial charge in [0.1, 0.15) is 0 Å². The Labute approximate surface area is 68.3 Å². The summed E-state index contributed by atoms with van der Waals surface area (Å²) in [5.74, 6) is 1.26. The van der Waals surface area contributed by atoms with Crippen molar-refractivity contribution in [3.63, 3.8) is 0 Å². The van der Waals surface area contributed by atoms with Gasteiger partial charge in [0.05, 0.1) is 12.4 Å². The van der Waals surface area contributed by atoms with Crippen LogP contribution >= 0.6 is 0 Å². The third-order valence-corrected chi connectivity index (χ3v) is 1.98. The van der Waals surface area contributed by atoms with Crippen LogP contribution in [0.25, 0.3) is 0 Å². The van der Waals surface area contributed by atoms with Crippen LogP contribution in [-0.4, -0.2) is 36.9 Å². The lowest BCUT2D eigenvalue weighted by atomic mass is 10.3. The van der Waals surface area contributed by atoms with Crippen molar-refractivity contribution in [2.45, 2.75) is 19.8 Å². The molecule has 0 bridgehead atoms. The third-order valence-electron chi connectivity index (χ3n) is 1.98. The molecule has 1 rings (SSSR count). The number of amidine groups is 1. The van der Waals surface area contributed by atoms with E-state index in [0.29, 0.717) is 0 Å². The summed E-state index contributed by atoms with van der Waals surface area (Å²) < 4.78 is 0. The summed E-state index contributed by atoms with van der Waals surface area (Å²) in [6.07, 6.45) is 2.14. The fraction of sp³-hybridized carbons (Fsp3) is 0.875. The van der Waals surface area contributed by atoms with Gasteiger partial charge in [0.2, 0.25) is 0 Å². The van der Waals surface area contributed by atoms with Crippen molar-refractivity contribution in [1.82, 2.24) is 4.90 Å². The Kier molecular flexibility index (Phi) is 3.36. The molecule has 3 heteroatoms. The minimum atomic E-state index is 0.785. The molecule has 0 saturated carbocycles. The molecule has 0 aromatic rings. The van der Waals surface area contributed by atoms with Crippen molar-refractivity contribution in [3.8, 4) is 0 Å². The maximum Gasteiger partial charge on any atom is 0.0987 e. The summed E-state index contributed by atoms with van der Waals surface area (Å²) in [4.78, 5) is 6.73. The molecule has 64 valence electrons. The second-order valence-electron chi connectivity index (χ2n) is 2.78. The van der Waals surface area contributed by atoms with E-state index in [-0.39, 0.29) is 0 Å². The van der Waals surface area contributed by atoms with E-state index in [4.69, 9.17) is 5.73 Å². The summed E-state index contributed by atoms with van der Waals surface area (Å²) in [6.45, 7) is 6.10. The molecule has 0 aliphatic carbocycles. The van der Waals surface area contributed by atoms with E-state index in [1.807, 2.05) is 0 Å². The minimum absolute atomic E-state index is 0.785. The Hall–Kier alpha value is -0.570. The van der Waals surface area contributed by atoms with Gasteiger partial charge in [0.25, 0.3) is 0 Å². The van der Waals surface area contributed by atoms with Gasteiger partial charge in [-0.2, -0.15) is 0 Å². The second kappa shape index (κ2) is 4.34. The largest absolute Gasteiger partial charge is 0.358 e. The Balaban J connectivity index is 2.28. The van der Waals surface area contributed by atoms with Crippen LogP contribution in [0.15, 0.2) is 4.99 Å². The topological polar surface area (TPSA) is 41.6 Å². The maximum absolute atomic E-state index is 5.43. The molecule has 0 saturated heterocycles. The van der Waals surface area contributed by atoms with Crippen LogP contribution in [0.2, 0.25) is 0 Å². The summed E-state index contributed by atoms with van der Waals surface area (Å²) in [5, 5.41) is 0. The van der Waals surface area contributed by atoms with Crippen molar-refractivity contribution in [1.29, 1.82) is 0 Å². The quantitative estimate of drug-likeness (QED) is 0.641. The predicted octanol–water partition coefficient (Wildman–Crippen LogP) is 0.459. The molecule has 0 amide bonds. The lowest BCUT2D eigenvalue weighted by Gasteiger charge is -2.18. The van der Waals surface area contributed by atoms with Crippen LogP contribution in [0.3, 0.4) is 0 Å². The Morgan fingerprint density at radius 2 is 2.45 bits per heavy atom. The average Bonchev–Trinajstić information content (AvgIpc) is 2.47. The monoisotopic (exact) mass is 155 g/mol. The van der Waals surface area contributed by atoms with Gasteiger partial charge in [-0.25, -0.2) is 0 Å². The van der Waals surface area contributed by atoms with Crippen LogP contribution < -0.4 is 5.73 Å². The van der Waals surface area contributed by atoms with Gasteiger partial charge in [-0.15, -0.1) is 0 Å². The first-order valence-electron chi connectivity index (χ1n) is 4.36. The highest BCUT2D eigenvalue weighted by molar-refractivity contribution is 5.83. The summed E-state index contributed by atoms with van der Waals surface area (Å²) in [6, 6.07) is 0. The molecular weight excluding hydrogens is 138 g/mol. The lowest BCUT2D eigenvalue weighted by Crippen LogP contribution is -2.29. The molecule has 0 spiro atoms. The van der Waals surface area contributed by atoms with E-state index in [1.54, 1.807) is 0 Å². The molecule has 0 radical (unpaired) electrons.